The molecule has 2 aliphatic rings. The lowest BCUT2D eigenvalue weighted by molar-refractivity contribution is -0.170. The Bertz CT molecular complexity index is 1400. The summed E-state index contributed by atoms with van der Waals surface area (Å²) in [6.07, 6.45) is 0. The Hall–Kier alpha value is -4.46. The van der Waals surface area contributed by atoms with Crippen LogP contribution in [0.5, 0.6) is 0 Å². The molecule has 0 amide bonds. The largest absolute Gasteiger partial charge is 0.368 e. The molecule has 0 aliphatic carbocycles. The molecular formula is C38H38N4O2. The number of piperazine rings is 2. The van der Waals surface area contributed by atoms with Crippen molar-refractivity contribution in [2.75, 3.05) is 36.0 Å². The predicted molar refractivity (Wildman–Crippen MR) is 175 cm³/mol. The average molecular weight is 583 g/mol. The zero-order valence-corrected chi connectivity index (χ0v) is 24.7. The van der Waals surface area contributed by atoms with Crippen LogP contribution in [-0.2, 0) is 0 Å². The van der Waals surface area contributed by atoms with Crippen LogP contribution >= 0.6 is 0 Å². The maximum absolute atomic E-state index is 11.4. The zero-order valence-electron chi connectivity index (χ0n) is 24.7. The van der Waals surface area contributed by atoms with Crippen molar-refractivity contribution in [3.8, 4) is 0 Å². The van der Waals surface area contributed by atoms with E-state index < -0.39 is 0 Å². The Morgan fingerprint density at radius 1 is 0.341 bits per heavy atom. The second-order valence-corrected chi connectivity index (χ2v) is 11.8. The molecule has 44 heavy (non-hydrogen) atoms. The normalized spacial score (nSPS) is 23.0. The quantitative estimate of drug-likeness (QED) is 0.214. The van der Waals surface area contributed by atoms with E-state index in [1.54, 1.807) is 0 Å². The van der Waals surface area contributed by atoms with Crippen molar-refractivity contribution in [2.45, 2.75) is 24.2 Å². The van der Waals surface area contributed by atoms with E-state index in [1.807, 2.05) is 72.8 Å². The summed E-state index contributed by atoms with van der Waals surface area (Å²) in [5, 5.41) is 26.0. The molecule has 5 aromatic rings. The van der Waals surface area contributed by atoms with Crippen molar-refractivity contribution < 1.29 is 10.4 Å². The topological polar surface area (TPSA) is 53.4 Å². The Morgan fingerprint density at radius 2 is 0.568 bits per heavy atom. The van der Waals surface area contributed by atoms with Gasteiger partial charge in [-0.2, -0.15) is 10.1 Å². The van der Waals surface area contributed by atoms with E-state index in [0.29, 0.717) is 26.2 Å². The lowest BCUT2D eigenvalue weighted by Gasteiger charge is -2.45. The third-order valence-electron chi connectivity index (χ3n) is 9.17. The highest BCUT2D eigenvalue weighted by atomic mass is 16.5. The first-order valence-corrected chi connectivity index (χ1v) is 15.4. The van der Waals surface area contributed by atoms with Crippen LogP contribution in [0.15, 0.2) is 146 Å². The minimum Gasteiger partial charge on any atom is -0.368 e. The monoisotopic (exact) mass is 582 g/mol. The van der Waals surface area contributed by atoms with Crippen molar-refractivity contribution in [1.82, 2.24) is 10.1 Å². The number of hydroxylamine groups is 4. The van der Waals surface area contributed by atoms with Gasteiger partial charge in [-0.3, -0.25) is 0 Å². The summed E-state index contributed by atoms with van der Waals surface area (Å²) >= 11 is 0. The summed E-state index contributed by atoms with van der Waals surface area (Å²) in [5.41, 5.74) is 6.64. The molecule has 2 aliphatic heterocycles. The molecule has 7 rings (SSSR count). The van der Waals surface area contributed by atoms with Crippen molar-refractivity contribution in [3.63, 3.8) is 0 Å². The van der Waals surface area contributed by atoms with Gasteiger partial charge in [-0.15, -0.1) is 0 Å². The maximum atomic E-state index is 11.4. The second-order valence-electron chi connectivity index (χ2n) is 11.8. The van der Waals surface area contributed by atoms with Crippen LogP contribution in [-0.4, -0.2) is 46.7 Å². The van der Waals surface area contributed by atoms with E-state index in [1.165, 1.54) is 10.1 Å². The van der Waals surface area contributed by atoms with Crippen molar-refractivity contribution >= 4 is 11.4 Å². The van der Waals surface area contributed by atoms with Gasteiger partial charge in [0.25, 0.3) is 0 Å². The highest BCUT2D eigenvalue weighted by molar-refractivity contribution is 5.58. The zero-order chi connectivity index (χ0) is 29.9. The predicted octanol–water partition coefficient (Wildman–Crippen LogP) is 7.67. The number of nitrogens with zero attached hydrogens (tertiary/aromatic N) is 4. The lowest BCUT2D eigenvalue weighted by Crippen LogP contribution is -2.49. The van der Waals surface area contributed by atoms with E-state index in [4.69, 9.17) is 0 Å². The number of benzene rings is 5. The Morgan fingerprint density at radius 3 is 0.795 bits per heavy atom. The fourth-order valence-corrected chi connectivity index (χ4v) is 6.78. The van der Waals surface area contributed by atoms with Gasteiger partial charge in [0.15, 0.2) is 0 Å². The summed E-state index contributed by atoms with van der Waals surface area (Å²) in [7, 11) is 0. The number of rotatable bonds is 6. The van der Waals surface area contributed by atoms with Gasteiger partial charge in [0.1, 0.15) is 0 Å². The standard InChI is InChI=1S/C38H38N4O2/c43-41-35(29-13-5-1-6-14-29)25-39(26-36(41)30-15-7-2-8-16-30)33-21-23-34(24-22-33)40-27-37(31-17-9-3-10-18-31)42(44)38(28-40)32-19-11-4-12-20-32/h1-24,35-38,43-44H,25-28H2/t35-,36+,37-,38+. The summed E-state index contributed by atoms with van der Waals surface area (Å²) in [6.45, 7) is 2.72. The van der Waals surface area contributed by atoms with Gasteiger partial charge in [0, 0.05) is 37.6 Å². The first-order valence-electron chi connectivity index (χ1n) is 15.4. The van der Waals surface area contributed by atoms with Crippen LogP contribution in [0, 0.1) is 0 Å². The third-order valence-corrected chi connectivity index (χ3v) is 9.17. The van der Waals surface area contributed by atoms with Gasteiger partial charge < -0.3 is 20.2 Å². The summed E-state index contributed by atoms with van der Waals surface area (Å²) in [4.78, 5) is 4.77. The average Bonchev–Trinajstić information content (AvgIpc) is 3.10. The van der Waals surface area contributed by atoms with Crippen molar-refractivity contribution in [3.05, 3.63) is 168 Å². The number of hydrogen-bond donors (Lipinski definition) is 2. The van der Waals surface area contributed by atoms with E-state index in [9.17, 15) is 10.4 Å². The molecule has 222 valence electrons. The van der Waals surface area contributed by atoms with Crippen LogP contribution in [0.4, 0.5) is 11.4 Å². The van der Waals surface area contributed by atoms with Crippen LogP contribution in [0.2, 0.25) is 0 Å². The fraction of sp³-hybridized carbons (Fsp3) is 0.211. The van der Waals surface area contributed by atoms with Crippen molar-refractivity contribution in [2.24, 2.45) is 0 Å². The maximum Gasteiger partial charge on any atom is 0.0782 e. The summed E-state index contributed by atoms with van der Waals surface area (Å²) < 4.78 is 0. The smallest absolute Gasteiger partial charge is 0.0782 e. The molecule has 0 radical (unpaired) electrons. The minimum atomic E-state index is -0.161. The third kappa shape index (κ3) is 5.73. The Labute approximate surface area is 259 Å². The highest BCUT2D eigenvalue weighted by Crippen LogP contribution is 2.39. The van der Waals surface area contributed by atoms with Crippen LogP contribution < -0.4 is 9.80 Å². The number of hydrogen-bond acceptors (Lipinski definition) is 6. The molecule has 2 fully saturated rings. The van der Waals surface area contributed by atoms with Gasteiger partial charge >= 0.3 is 0 Å². The molecule has 6 nitrogen and oxygen atoms in total. The van der Waals surface area contributed by atoms with E-state index >= 15 is 0 Å². The van der Waals surface area contributed by atoms with Crippen LogP contribution in [0.1, 0.15) is 46.4 Å². The van der Waals surface area contributed by atoms with Crippen LogP contribution in [0.25, 0.3) is 0 Å². The summed E-state index contributed by atoms with van der Waals surface area (Å²) in [6, 6.07) is 49.2. The van der Waals surface area contributed by atoms with Gasteiger partial charge in [0.05, 0.1) is 24.2 Å². The molecule has 0 aromatic heterocycles. The van der Waals surface area contributed by atoms with Gasteiger partial charge in [0.2, 0.25) is 0 Å². The van der Waals surface area contributed by atoms with E-state index in [0.717, 1.165) is 33.6 Å². The molecule has 2 heterocycles. The molecule has 0 bridgehead atoms. The summed E-state index contributed by atoms with van der Waals surface area (Å²) in [5.74, 6) is 0. The first kappa shape index (κ1) is 28.3. The van der Waals surface area contributed by atoms with Crippen molar-refractivity contribution in [1.29, 1.82) is 0 Å². The molecule has 2 N–H and O–H groups in total. The van der Waals surface area contributed by atoms with E-state index in [2.05, 4.69) is 82.6 Å². The second kappa shape index (κ2) is 12.6. The lowest BCUT2D eigenvalue weighted by atomic mass is 9.96. The molecule has 2 saturated heterocycles. The number of anilines is 2. The molecular weight excluding hydrogens is 544 g/mol. The molecule has 0 saturated carbocycles. The molecule has 0 unspecified atom stereocenters. The van der Waals surface area contributed by atoms with Gasteiger partial charge in [-0.05, 0) is 46.5 Å². The molecule has 5 aromatic carbocycles. The Balaban J connectivity index is 1.17. The molecule has 0 spiro atoms. The van der Waals surface area contributed by atoms with Gasteiger partial charge in [-0.1, -0.05) is 121 Å². The fourth-order valence-electron chi connectivity index (χ4n) is 6.78. The molecule has 4 atom stereocenters. The Kier molecular flexibility index (Phi) is 8.14. The van der Waals surface area contributed by atoms with Gasteiger partial charge in [-0.25, -0.2) is 0 Å². The SMILES string of the molecule is ON1[C@@H](c2ccccc2)CN(c2ccc(N3C[C@H](c4ccccc4)N(O)[C@H](c4ccccc4)C3)cc2)C[C@H]1c1ccccc1. The van der Waals surface area contributed by atoms with E-state index in [-0.39, 0.29) is 24.2 Å². The minimum absolute atomic E-state index is 0.161. The molecule has 6 heteroatoms. The van der Waals surface area contributed by atoms with Crippen LogP contribution in [0.3, 0.4) is 0 Å². The first-order chi connectivity index (χ1) is 21.7. The highest BCUT2D eigenvalue weighted by Gasteiger charge is 2.37.